The van der Waals surface area contributed by atoms with Gasteiger partial charge in [-0.3, -0.25) is 9.59 Å². The number of hydrogen-bond donors (Lipinski definition) is 2. The number of ether oxygens (including phenoxy) is 1. The molecule has 27 heavy (non-hydrogen) atoms. The van der Waals surface area contributed by atoms with Gasteiger partial charge < -0.3 is 15.4 Å². The fraction of sp³-hybridized carbons (Fsp3) is 0.467. The molecule has 0 radical (unpaired) electrons. The topological polar surface area (TPSA) is 67.4 Å². The summed E-state index contributed by atoms with van der Waals surface area (Å²) in [5.74, 6) is -8.93. The van der Waals surface area contributed by atoms with E-state index in [0.29, 0.717) is 0 Å². The number of carbonyl (C=O) groups is 2. The van der Waals surface area contributed by atoms with Crippen LogP contribution in [0, 0.1) is 11.6 Å². The van der Waals surface area contributed by atoms with Crippen LogP contribution in [0.5, 0.6) is 0 Å². The summed E-state index contributed by atoms with van der Waals surface area (Å²) in [6.45, 7) is -2.96. The lowest BCUT2D eigenvalue weighted by atomic mass is 10.2. The van der Waals surface area contributed by atoms with Crippen LogP contribution in [0.3, 0.4) is 0 Å². The monoisotopic (exact) mass is 404 g/mol. The van der Waals surface area contributed by atoms with E-state index in [0.717, 1.165) is 18.2 Å². The van der Waals surface area contributed by atoms with Crippen molar-refractivity contribution in [1.29, 1.82) is 0 Å². The highest BCUT2D eigenvalue weighted by Gasteiger charge is 2.57. The molecule has 2 N–H and O–H groups in total. The summed E-state index contributed by atoms with van der Waals surface area (Å²) in [5, 5.41) is 4.37. The van der Waals surface area contributed by atoms with Crippen molar-refractivity contribution in [2.75, 3.05) is 26.3 Å². The van der Waals surface area contributed by atoms with Gasteiger partial charge in [-0.2, -0.15) is 22.0 Å². The molecule has 0 saturated heterocycles. The molecule has 0 atom stereocenters. The van der Waals surface area contributed by atoms with Crippen LogP contribution in [0.2, 0.25) is 0 Å². The van der Waals surface area contributed by atoms with Gasteiger partial charge in [-0.25, -0.2) is 8.78 Å². The molecule has 0 aliphatic carbocycles. The Morgan fingerprint density at radius 3 is 2.07 bits per heavy atom. The molecule has 0 spiro atoms. The first-order valence-electron chi connectivity index (χ1n) is 7.47. The normalized spacial score (nSPS) is 12.0. The van der Waals surface area contributed by atoms with Crippen molar-refractivity contribution < 1.29 is 45.1 Å². The third kappa shape index (κ3) is 7.04. The molecule has 0 unspecified atom stereocenters. The van der Waals surface area contributed by atoms with Gasteiger partial charge in [0.2, 0.25) is 5.91 Å². The summed E-state index contributed by atoms with van der Waals surface area (Å²) in [4.78, 5) is 23.0. The minimum atomic E-state index is -5.74. The first-order chi connectivity index (χ1) is 12.5. The van der Waals surface area contributed by atoms with E-state index >= 15 is 0 Å². The number of rotatable bonds is 9. The third-order valence-electron chi connectivity index (χ3n) is 3.09. The molecule has 0 aliphatic heterocycles. The van der Waals surface area contributed by atoms with E-state index in [-0.39, 0.29) is 13.1 Å². The zero-order valence-corrected chi connectivity index (χ0v) is 13.6. The van der Waals surface area contributed by atoms with E-state index in [1.54, 1.807) is 0 Å². The predicted octanol–water partition coefficient (Wildman–Crippen LogP) is 2.42. The molecule has 152 valence electrons. The van der Waals surface area contributed by atoms with Crippen molar-refractivity contribution in [3.8, 4) is 0 Å². The molecule has 1 rings (SSSR count). The van der Waals surface area contributed by atoms with E-state index in [1.807, 2.05) is 0 Å². The highest BCUT2D eigenvalue weighted by Crippen LogP contribution is 2.35. The van der Waals surface area contributed by atoms with Gasteiger partial charge in [0.1, 0.15) is 23.8 Å². The average molecular weight is 404 g/mol. The SMILES string of the molecule is O=C(CCOCC(F)(F)C(F)(F)F)NCCNC(=O)c1c(F)cccc1F. The summed E-state index contributed by atoms with van der Waals surface area (Å²) in [5.41, 5.74) is -0.789. The second-order valence-corrected chi connectivity index (χ2v) is 5.21. The van der Waals surface area contributed by atoms with Crippen LogP contribution in [-0.2, 0) is 9.53 Å². The summed E-state index contributed by atoms with van der Waals surface area (Å²) in [7, 11) is 0. The van der Waals surface area contributed by atoms with Crippen LogP contribution >= 0.6 is 0 Å². The van der Waals surface area contributed by atoms with Crippen molar-refractivity contribution in [2.45, 2.75) is 18.5 Å². The van der Waals surface area contributed by atoms with Crippen LogP contribution in [0.25, 0.3) is 0 Å². The van der Waals surface area contributed by atoms with Gasteiger partial charge >= 0.3 is 12.1 Å². The zero-order chi connectivity index (χ0) is 20.7. The molecule has 0 heterocycles. The van der Waals surface area contributed by atoms with Crippen molar-refractivity contribution in [1.82, 2.24) is 10.6 Å². The van der Waals surface area contributed by atoms with E-state index in [9.17, 15) is 40.3 Å². The molecule has 0 bridgehead atoms. The molecule has 2 amide bonds. The number of halogens is 7. The standard InChI is InChI=1S/C15H15F7N2O3/c16-9-2-1-3-10(17)12(9)13(26)24-6-5-23-11(25)4-7-27-8-14(18,19)15(20,21)22/h1-3H,4-8H2,(H,23,25)(H,24,26). The molecule has 0 saturated carbocycles. The number of nitrogens with one attached hydrogen (secondary N) is 2. The Morgan fingerprint density at radius 2 is 1.52 bits per heavy atom. The van der Waals surface area contributed by atoms with Gasteiger partial charge in [-0.15, -0.1) is 0 Å². The fourth-order valence-electron chi connectivity index (χ4n) is 1.72. The van der Waals surface area contributed by atoms with Crippen molar-refractivity contribution in [3.63, 3.8) is 0 Å². The summed E-state index contributed by atoms with van der Waals surface area (Å²) in [6.07, 6.45) is -6.24. The van der Waals surface area contributed by atoms with Gasteiger partial charge in [-0.1, -0.05) is 6.07 Å². The van der Waals surface area contributed by atoms with E-state index in [1.165, 1.54) is 0 Å². The molecular weight excluding hydrogens is 389 g/mol. The van der Waals surface area contributed by atoms with E-state index in [4.69, 9.17) is 0 Å². The zero-order valence-electron chi connectivity index (χ0n) is 13.6. The van der Waals surface area contributed by atoms with Crippen LogP contribution in [0.15, 0.2) is 18.2 Å². The molecular formula is C15H15F7N2O3. The minimum Gasteiger partial charge on any atom is -0.374 e. The molecule has 5 nitrogen and oxygen atoms in total. The first kappa shape index (κ1) is 22.7. The highest BCUT2D eigenvalue weighted by molar-refractivity contribution is 5.94. The Labute approximate surface area is 148 Å². The Hall–Kier alpha value is -2.37. The Morgan fingerprint density at radius 1 is 0.963 bits per heavy atom. The summed E-state index contributed by atoms with van der Waals surface area (Å²) < 4.78 is 91.5. The maximum Gasteiger partial charge on any atom is 0.455 e. The van der Waals surface area contributed by atoms with E-state index < -0.39 is 60.7 Å². The number of benzene rings is 1. The van der Waals surface area contributed by atoms with Gasteiger partial charge in [0.15, 0.2) is 0 Å². The average Bonchev–Trinajstić information content (AvgIpc) is 2.54. The lowest BCUT2D eigenvalue weighted by Gasteiger charge is -2.19. The summed E-state index contributed by atoms with van der Waals surface area (Å²) >= 11 is 0. The predicted molar refractivity (Wildman–Crippen MR) is 78.1 cm³/mol. The molecule has 0 fully saturated rings. The lowest BCUT2D eigenvalue weighted by molar-refractivity contribution is -0.296. The van der Waals surface area contributed by atoms with Gasteiger partial charge in [0.25, 0.3) is 5.91 Å². The third-order valence-corrected chi connectivity index (χ3v) is 3.09. The number of alkyl halides is 5. The Kier molecular flexibility index (Phi) is 8.00. The second kappa shape index (κ2) is 9.53. The van der Waals surface area contributed by atoms with Crippen LogP contribution < -0.4 is 10.6 Å². The van der Waals surface area contributed by atoms with Crippen molar-refractivity contribution in [3.05, 3.63) is 35.4 Å². The number of carbonyl (C=O) groups excluding carboxylic acids is 2. The quantitative estimate of drug-likeness (QED) is 0.491. The smallest absolute Gasteiger partial charge is 0.374 e. The van der Waals surface area contributed by atoms with Crippen molar-refractivity contribution >= 4 is 11.8 Å². The molecule has 1 aromatic carbocycles. The number of hydrogen-bond acceptors (Lipinski definition) is 3. The van der Waals surface area contributed by atoms with E-state index in [2.05, 4.69) is 15.4 Å². The van der Waals surface area contributed by atoms with Gasteiger partial charge in [0, 0.05) is 19.5 Å². The van der Waals surface area contributed by atoms with Gasteiger partial charge in [0.05, 0.1) is 6.61 Å². The maximum atomic E-state index is 13.4. The molecule has 0 aromatic heterocycles. The highest BCUT2D eigenvalue weighted by atomic mass is 19.4. The molecule has 12 heteroatoms. The minimum absolute atomic E-state index is 0.167. The fourth-order valence-corrected chi connectivity index (χ4v) is 1.72. The first-order valence-corrected chi connectivity index (χ1v) is 7.47. The Balaban J connectivity index is 2.24. The number of amides is 2. The van der Waals surface area contributed by atoms with Crippen LogP contribution in [0.4, 0.5) is 30.7 Å². The lowest BCUT2D eigenvalue weighted by Crippen LogP contribution is -2.41. The summed E-state index contributed by atoms with van der Waals surface area (Å²) in [6, 6.07) is 2.86. The maximum absolute atomic E-state index is 13.4. The molecule has 0 aliphatic rings. The van der Waals surface area contributed by atoms with Crippen molar-refractivity contribution in [2.24, 2.45) is 0 Å². The van der Waals surface area contributed by atoms with Crippen LogP contribution in [-0.4, -0.2) is 50.2 Å². The second-order valence-electron chi connectivity index (χ2n) is 5.21. The van der Waals surface area contributed by atoms with Crippen LogP contribution in [0.1, 0.15) is 16.8 Å². The molecule has 1 aromatic rings. The largest absolute Gasteiger partial charge is 0.455 e. The Bertz CT molecular complexity index is 645. The van der Waals surface area contributed by atoms with Gasteiger partial charge in [-0.05, 0) is 12.1 Å².